The fourth-order valence-corrected chi connectivity index (χ4v) is 9.67. The van der Waals surface area contributed by atoms with Crippen LogP contribution in [0.4, 0.5) is 9.59 Å². The highest BCUT2D eigenvalue weighted by molar-refractivity contribution is 5.72. The number of carbonyl (C=O) groups excluding carboxylic acids is 2. The Morgan fingerprint density at radius 3 is 2.00 bits per heavy atom. The highest BCUT2D eigenvalue weighted by atomic mass is 16.2. The minimum atomic E-state index is -0.527. The summed E-state index contributed by atoms with van der Waals surface area (Å²) in [5, 5.41) is 12.9. The van der Waals surface area contributed by atoms with Gasteiger partial charge in [0.1, 0.15) is 0 Å². The van der Waals surface area contributed by atoms with Crippen molar-refractivity contribution in [1.29, 1.82) is 0 Å². The summed E-state index contributed by atoms with van der Waals surface area (Å²) in [6.07, 6.45) is 22.9. The van der Waals surface area contributed by atoms with Crippen LogP contribution in [0.3, 0.4) is 0 Å². The molecule has 8 N–H and O–H groups in total. The third kappa shape index (κ3) is 10.1. The smallest absolute Gasteiger partial charge is 0.312 e. The summed E-state index contributed by atoms with van der Waals surface area (Å²) in [6.45, 7) is 5.53. The molecule has 14 heteroatoms. The van der Waals surface area contributed by atoms with Gasteiger partial charge in [-0.3, -0.25) is 29.7 Å². The topological polar surface area (TPSA) is 192 Å². The van der Waals surface area contributed by atoms with E-state index in [1.165, 1.54) is 39.2 Å². The first-order valence-corrected chi connectivity index (χ1v) is 21.5. The molecule has 4 aromatic heterocycles. The van der Waals surface area contributed by atoms with Crippen LogP contribution in [0.5, 0.6) is 0 Å². The number of fused-ring (bicyclic) bond motifs is 4. The molecule has 4 aliphatic rings. The lowest BCUT2D eigenvalue weighted by atomic mass is 9.78. The minimum absolute atomic E-state index is 0.134. The van der Waals surface area contributed by atoms with E-state index in [1.807, 2.05) is 42.9 Å². The van der Waals surface area contributed by atoms with E-state index in [1.54, 1.807) is 0 Å². The van der Waals surface area contributed by atoms with Gasteiger partial charge in [0.2, 0.25) is 0 Å². The number of aromatic nitrogens is 4. The molecule has 0 saturated heterocycles. The Hall–Kier alpha value is -5.54. The third-order valence-electron chi connectivity index (χ3n) is 12.6. The molecule has 4 aromatic rings. The second-order valence-electron chi connectivity index (χ2n) is 16.5. The van der Waals surface area contributed by atoms with Crippen molar-refractivity contribution in [2.75, 3.05) is 39.3 Å². The quantitative estimate of drug-likeness (QED) is 0.0954. The number of primary amides is 2. The van der Waals surface area contributed by atoms with Gasteiger partial charge in [-0.1, -0.05) is 48.6 Å². The van der Waals surface area contributed by atoms with Crippen LogP contribution >= 0.6 is 0 Å². The van der Waals surface area contributed by atoms with Crippen LogP contribution < -0.4 is 32.7 Å². The van der Waals surface area contributed by atoms with E-state index in [0.29, 0.717) is 13.1 Å². The lowest BCUT2D eigenvalue weighted by molar-refractivity contribution is 0.167. The van der Waals surface area contributed by atoms with E-state index in [4.69, 9.17) is 31.4 Å². The summed E-state index contributed by atoms with van der Waals surface area (Å²) < 4.78 is 0. The Morgan fingerprint density at radius 1 is 0.700 bits per heavy atom. The maximum atomic E-state index is 11.3. The molecule has 6 heterocycles. The molecule has 314 valence electrons. The number of hydrogen-bond donors (Lipinski definition) is 6. The van der Waals surface area contributed by atoms with Crippen LogP contribution in [-0.4, -0.2) is 93.2 Å². The average Bonchev–Trinajstić information content (AvgIpc) is 3.27. The second-order valence-corrected chi connectivity index (χ2v) is 16.5. The maximum absolute atomic E-state index is 11.3. The van der Waals surface area contributed by atoms with Gasteiger partial charge in [-0.2, -0.15) is 0 Å². The number of nitrogens with two attached hydrogens (primary N) is 2. The van der Waals surface area contributed by atoms with E-state index in [9.17, 15) is 9.59 Å². The number of urea groups is 2. The first-order chi connectivity index (χ1) is 29.4. The summed E-state index contributed by atoms with van der Waals surface area (Å²) in [5.41, 5.74) is 21.6. The van der Waals surface area contributed by atoms with Gasteiger partial charge < -0.3 is 32.7 Å². The summed E-state index contributed by atoms with van der Waals surface area (Å²) in [7, 11) is 0. The van der Waals surface area contributed by atoms with Gasteiger partial charge in [0.25, 0.3) is 0 Å². The molecule has 5 atom stereocenters. The van der Waals surface area contributed by atoms with Crippen molar-refractivity contribution in [2.45, 2.75) is 88.1 Å². The fourth-order valence-electron chi connectivity index (χ4n) is 9.67. The van der Waals surface area contributed by atoms with Crippen LogP contribution in [0.15, 0.2) is 91.6 Å². The lowest BCUT2D eigenvalue weighted by Gasteiger charge is -2.40. The lowest BCUT2D eigenvalue weighted by Crippen LogP contribution is -2.47. The van der Waals surface area contributed by atoms with Crippen molar-refractivity contribution < 1.29 is 9.59 Å². The number of nitrogens with one attached hydrogen (secondary N) is 4. The molecule has 60 heavy (non-hydrogen) atoms. The molecule has 4 amide bonds. The Balaban J connectivity index is 0.972. The molecular weight excluding hydrogens is 753 g/mol. The standard InChI is InChI=1S/C46H58N12O2/c47-45(59)52-16-1-3-21-57(41-13-5-9-31-10-6-19-50-43(31)41)29-36-25-40-34(28-55-36)23-33(27-56-40)37-14-15-42(44-38(37)12-8-20-51-44)58(22-4-2-17-53-46(48)60)30-35-24-39-32(26-54-35)11-7-18-49-39/h1-4,6-8,10-12,18-20,23,27,35-37,41-42,54-55H,5,9,13-17,21-22,24-26,28-30H2,(H3,47,52,59)(H3,48,53,60)/b3-1+,4-2+/t35-,36+,37?,41-,42-/m0/s1. The Bertz CT molecular complexity index is 2180. The first-order valence-electron chi connectivity index (χ1n) is 21.5. The summed E-state index contributed by atoms with van der Waals surface area (Å²) in [5.74, 6) is 0.201. The highest BCUT2D eigenvalue weighted by Crippen LogP contribution is 2.43. The van der Waals surface area contributed by atoms with E-state index in [2.05, 4.69) is 79.7 Å². The van der Waals surface area contributed by atoms with Crippen molar-refractivity contribution in [3.05, 3.63) is 142 Å². The molecule has 0 fully saturated rings. The van der Waals surface area contributed by atoms with Gasteiger partial charge in [-0.25, -0.2) is 9.59 Å². The molecule has 8 rings (SSSR count). The van der Waals surface area contributed by atoms with Gasteiger partial charge in [0, 0.05) is 119 Å². The minimum Gasteiger partial charge on any atom is -0.352 e. The number of hydrogen-bond acceptors (Lipinski definition) is 10. The van der Waals surface area contributed by atoms with Crippen LogP contribution in [0.1, 0.15) is 94.3 Å². The second kappa shape index (κ2) is 19.7. The third-order valence-corrected chi connectivity index (χ3v) is 12.6. The van der Waals surface area contributed by atoms with E-state index >= 15 is 0 Å². The van der Waals surface area contributed by atoms with Gasteiger partial charge >= 0.3 is 12.1 Å². The van der Waals surface area contributed by atoms with Crippen molar-refractivity contribution in [3.8, 4) is 0 Å². The van der Waals surface area contributed by atoms with Gasteiger partial charge in [0.05, 0.1) is 23.5 Å². The number of pyridine rings is 4. The molecule has 0 radical (unpaired) electrons. The first kappa shape index (κ1) is 41.2. The summed E-state index contributed by atoms with van der Waals surface area (Å²) in [6, 6.07) is 14.9. The fraction of sp³-hybridized carbons (Fsp3) is 0.435. The number of carbonyl (C=O) groups is 2. The zero-order valence-corrected chi connectivity index (χ0v) is 34.3. The molecule has 2 aliphatic heterocycles. The summed E-state index contributed by atoms with van der Waals surface area (Å²) in [4.78, 5) is 47.4. The number of amides is 4. The normalized spacial score (nSPS) is 22.3. The number of aryl methyl sites for hydroxylation is 1. The largest absolute Gasteiger partial charge is 0.352 e. The zero-order chi connectivity index (χ0) is 41.3. The van der Waals surface area contributed by atoms with E-state index < -0.39 is 12.1 Å². The molecule has 2 aliphatic carbocycles. The Labute approximate surface area is 352 Å². The Kier molecular flexibility index (Phi) is 13.5. The Morgan fingerprint density at radius 2 is 1.30 bits per heavy atom. The molecule has 0 saturated carbocycles. The predicted molar refractivity (Wildman–Crippen MR) is 232 cm³/mol. The molecule has 14 nitrogen and oxygen atoms in total. The molecule has 0 bridgehead atoms. The van der Waals surface area contributed by atoms with Crippen LogP contribution in [0.25, 0.3) is 0 Å². The zero-order valence-electron chi connectivity index (χ0n) is 34.3. The van der Waals surface area contributed by atoms with Gasteiger partial charge in [-0.15, -0.1) is 0 Å². The molecular formula is C46H58N12O2. The number of rotatable bonds is 15. The highest BCUT2D eigenvalue weighted by Gasteiger charge is 2.35. The van der Waals surface area contributed by atoms with Crippen LogP contribution in [-0.2, 0) is 32.4 Å². The van der Waals surface area contributed by atoms with E-state index in [0.717, 1.165) is 95.6 Å². The van der Waals surface area contributed by atoms with Crippen LogP contribution in [0.2, 0.25) is 0 Å². The van der Waals surface area contributed by atoms with Crippen molar-refractivity contribution in [3.63, 3.8) is 0 Å². The monoisotopic (exact) mass is 810 g/mol. The van der Waals surface area contributed by atoms with E-state index in [-0.39, 0.29) is 30.1 Å². The van der Waals surface area contributed by atoms with Crippen molar-refractivity contribution in [2.24, 2.45) is 11.5 Å². The maximum Gasteiger partial charge on any atom is 0.312 e. The number of nitrogens with zero attached hydrogens (tertiary/aromatic N) is 6. The molecule has 0 spiro atoms. The van der Waals surface area contributed by atoms with Gasteiger partial charge in [0.15, 0.2) is 0 Å². The summed E-state index contributed by atoms with van der Waals surface area (Å²) >= 11 is 0. The molecule has 0 aromatic carbocycles. The van der Waals surface area contributed by atoms with Crippen LogP contribution in [0, 0.1) is 0 Å². The predicted octanol–water partition coefficient (Wildman–Crippen LogP) is 4.09. The average molecular weight is 811 g/mol. The molecule has 1 unspecified atom stereocenters. The van der Waals surface area contributed by atoms with Crippen molar-refractivity contribution in [1.82, 2.24) is 51.0 Å². The SMILES string of the molecule is NC(=O)NC/C=C/CN(C[C@H]1Cc2ncc(C3CC[C@H](N(C/C=C/CNC(N)=O)C[C@@H]4Cc5ncccc5CN4)c4ncccc43)cc2CN1)[C@H]1CCCc2cccnc21. The van der Waals surface area contributed by atoms with Gasteiger partial charge in [-0.05, 0) is 78.1 Å². The van der Waals surface area contributed by atoms with Crippen molar-refractivity contribution >= 4 is 12.1 Å².